The minimum Gasteiger partial charge on any atom is -0.457 e. The number of ketones is 1. The van der Waals surface area contributed by atoms with Crippen LogP contribution >= 0.6 is 46.4 Å². The van der Waals surface area contributed by atoms with E-state index in [-0.39, 0.29) is 18.6 Å². The van der Waals surface area contributed by atoms with E-state index in [4.69, 9.17) is 55.9 Å². The van der Waals surface area contributed by atoms with E-state index in [0.717, 1.165) is 0 Å². The largest absolute Gasteiger partial charge is 0.457 e. The maximum absolute atomic E-state index is 12.7. The molecule has 0 N–H and O–H groups in total. The predicted octanol–water partition coefficient (Wildman–Crippen LogP) is 9.24. The fourth-order valence-corrected chi connectivity index (χ4v) is 3.96. The Kier molecular flexibility index (Phi) is 8.02. The number of ether oxygens (including phenoxy) is 2. The van der Waals surface area contributed by atoms with Crippen molar-refractivity contribution >= 4 is 52.2 Å². The minimum atomic E-state index is -0.0125. The normalized spacial score (nSPS) is 10.7. The molecule has 0 fully saturated rings. The average molecular weight is 532 g/mol. The topological polar surface area (TPSA) is 35.5 Å². The Hall–Kier alpha value is -2.69. The second-order valence-corrected chi connectivity index (χ2v) is 9.20. The summed E-state index contributed by atoms with van der Waals surface area (Å²) in [6.07, 6.45) is 0.360. The van der Waals surface area contributed by atoms with E-state index < -0.39 is 0 Å². The zero-order valence-corrected chi connectivity index (χ0v) is 20.8. The van der Waals surface area contributed by atoms with Crippen LogP contribution < -0.4 is 9.47 Å². The van der Waals surface area contributed by atoms with Crippen LogP contribution in [0.4, 0.5) is 0 Å². The number of Topliss-reactive ketones (excluding diaryl/α,β-unsaturated/α-hetero) is 1. The summed E-state index contributed by atoms with van der Waals surface area (Å²) in [5, 5.41) is 2.17. The monoisotopic (exact) mass is 530 g/mol. The second-order valence-electron chi connectivity index (χ2n) is 7.51. The lowest BCUT2D eigenvalue weighted by Crippen LogP contribution is -2.07. The molecule has 0 amide bonds. The van der Waals surface area contributed by atoms with Gasteiger partial charge in [-0.3, -0.25) is 4.79 Å². The minimum absolute atomic E-state index is 0.0125. The van der Waals surface area contributed by atoms with Crippen LogP contribution in [0.5, 0.6) is 23.0 Å². The quantitative estimate of drug-likeness (QED) is 0.227. The Bertz CT molecular complexity index is 1200. The van der Waals surface area contributed by atoms with Gasteiger partial charge in [0, 0.05) is 32.9 Å². The van der Waals surface area contributed by atoms with Gasteiger partial charge in [-0.25, -0.2) is 0 Å². The maximum atomic E-state index is 12.7. The highest BCUT2D eigenvalue weighted by Crippen LogP contribution is 2.30. The van der Waals surface area contributed by atoms with Crippen molar-refractivity contribution in [2.24, 2.45) is 0 Å². The molecule has 0 spiro atoms. The third-order valence-corrected chi connectivity index (χ3v) is 6.13. The van der Waals surface area contributed by atoms with Gasteiger partial charge in [-0.15, -0.1) is 0 Å². The molecular weight excluding hydrogens is 514 g/mol. The number of hydrogen-bond donors (Lipinski definition) is 0. The summed E-state index contributed by atoms with van der Waals surface area (Å²) < 4.78 is 11.6. The maximum Gasteiger partial charge on any atom is 0.141 e. The van der Waals surface area contributed by atoms with Crippen LogP contribution in [0.3, 0.4) is 0 Å². The lowest BCUT2D eigenvalue weighted by Gasteiger charge is -2.10. The van der Waals surface area contributed by atoms with Crippen molar-refractivity contribution in [1.82, 2.24) is 0 Å². The molecule has 34 heavy (non-hydrogen) atoms. The van der Waals surface area contributed by atoms with Crippen LogP contribution in [0.1, 0.15) is 11.1 Å². The lowest BCUT2D eigenvalue weighted by atomic mass is 10.0. The van der Waals surface area contributed by atoms with Crippen LogP contribution in [0.25, 0.3) is 0 Å². The molecule has 0 aliphatic rings. The highest BCUT2D eigenvalue weighted by Gasteiger charge is 2.13. The third-order valence-electron chi connectivity index (χ3n) is 4.92. The third kappa shape index (κ3) is 6.68. The molecule has 0 saturated heterocycles. The lowest BCUT2D eigenvalue weighted by molar-refractivity contribution is -0.117. The molecule has 0 atom stereocenters. The average Bonchev–Trinajstić information content (AvgIpc) is 2.80. The first kappa shape index (κ1) is 24.4. The van der Waals surface area contributed by atoms with Gasteiger partial charge >= 0.3 is 0 Å². The fourth-order valence-electron chi connectivity index (χ4n) is 3.23. The molecule has 7 heteroatoms. The molecule has 0 radical (unpaired) electrons. The summed E-state index contributed by atoms with van der Waals surface area (Å²) in [5.41, 5.74) is 1.43. The van der Waals surface area contributed by atoms with Crippen LogP contribution in [-0.4, -0.2) is 5.78 Å². The number of halogens is 4. The van der Waals surface area contributed by atoms with Gasteiger partial charge < -0.3 is 9.47 Å². The summed E-state index contributed by atoms with van der Waals surface area (Å²) in [7, 11) is 0. The van der Waals surface area contributed by atoms with Crippen molar-refractivity contribution in [3.05, 3.63) is 116 Å². The van der Waals surface area contributed by atoms with Gasteiger partial charge in [-0.1, -0.05) is 58.5 Å². The zero-order chi connectivity index (χ0) is 24.1. The van der Waals surface area contributed by atoms with E-state index >= 15 is 0 Å². The Morgan fingerprint density at radius 3 is 1.24 bits per heavy atom. The van der Waals surface area contributed by atoms with Crippen molar-refractivity contribution < 1.29 is 14.3 Å². The number of hydrogen-bond acceptors (Lipinski definition) is 3. The standard InChI is InChI=1S/C27H18Cl4O3/c28-19-3-9-22(10-4-19)33-24-7-1-17(26(30)15-24)13-21(32)14-18-2-8-25(16-27(18)31)34-23-11-5-20(29)6-12-23/h1-12,15-16H,13-14H2. The molecule has 4 aromatic carbocycles. The molecule has 0 unspecified atom stereocenters. The number of benzene rings is 4. The highest BCUT2D eigenvalue weighted by atomic mass is 35.5. The van der Waals surface area contributed by atoms with Gasteiger partial charge in [0.15, 0.2) is 0 Å². The second kappa shape index (κ2) is 11.2. The SMILES string of the molecule is O=C(Cc1ccc(Oc2ccc(Cl)cc2)cc1Cl)Cc1ccc(Oc2ccc(Cl)cc2)cc1Cl. The van der Waals surface area contributed by atoms with Crippen molar-refractivity contribution in [2.45, 2.75) is 12.8 Å². The first-order valence-corrected chi connectivity index (χ1v) is 11.8. The number of carbonyl (C=O) groups is 1. The Morgan fingerprint density at radius 1 is 0.529 bits per heavy atom. The summed E-state index contributed by atoms with van der Waals surface area (Å²) >= 11 is 24.6. The van der Waals surface area contributed by atoms with Gasteiger partial charge in [0.05, 0.1) is 0 Å². The molecule has 0 aliphatic carbocycles. The van der Waals surface area contributed by atoms with Gasteiger partial charge in [0.2, 0.25) is 0 Å². The highest BCUT2D eigenvalue weighted by molar-refractivity contribution is 6.32. The van der Waals surface area contributed by atoms with Crippen LogP contribution in [-0.2, 0) is 17.6 Å². The molecule has 0 aromatic heterocycles. The molecule has 4 aromatic rings. The molecule has 172 valence electrons. The molecule has 3 nitrogen and oxygen atoms in total. The number of carbonyl (C=O) groups excluding carboxylic acids is 1. The predicted molar refractivity (Wildman–Crippen MR) is 138 cm³/mol. The van der Waals surface area contributed by atoms with Crippen molar-refractivity contribution in [2.75, 3.05) is 0 Å². The smallest absolute Gasteiger partial charge is 0.141 e. The van der Waals surface area contributed by atoms with Crippen molar-refractivity contribution in [3.63, 3.8) is 0 Å². The summed E-state index contributed by atoms with van der Waals surface area (Å²) in [4.78, 5) is 12.7. The summed E-state index contributed by atoms with van der Waals surface area (Å²) in [6.45, 7) is 0. The van der Waals surface area contributed by atoms with E-state index in [9.17, 15) is 4.79 Å². The fraction of sp³-hybridized carbons (Fsp3) is 0.0741. The van der Waals surface area contributed by atoms with Gasteiger partial charge in [0.25, 0.3) is 0 Å². The molecular formula is C27H18Cl4O3. The molecule has 0 aliphatic heterocycles. The zero-order valence-electron chi connectivity index (χ0n) is 17.7. The summed E-state index contributed by atoms with van der Waals surface area (Å²) in [5.74, 6) is 2.41. The van der Waals surface area contributed by atoms with Gasteiger partial charge in [0.1, 0.15) is 28.8 Å². The van der Waals surface area contributed by atoms with Crippen LogP contribution in [0.15, 0.2) is 84.9 Å². The Balaban J connectivity index is 1.37. The van der Waals surface area contributed by atoms with E-state index in [1.807, 2.05) is 0 Å². The molecule has 4 rings (SSSR count). The van der Waals surface area contributed by atoms with Crippen molar-refractivity contribution in [3.8, 4) is 23.0 Å². The van der Waals surface area contributed by atoms with E-state index in [1.54, 1.807) is 84.9 Å². The molecule has 0 saturated carbocycles. The van der Waals surface area contributed by atoms with Gasteiger partial charge in [-0.2, -0.15) is 0 Å². The first-order chi connectivity index (χ1) is 16.4. The molecule has 0 bridgehead atoms. The Labute approximate surface area is 217 Å². The summed E-state index contributed by atoms with van der Waals surface area (Å²) in [6, 6.07) is 24.5. The van der Waals surface area contributed by atoms with Crippen molar-refractivity contribution in [1.29, 1.82) is 0 Å². The van der Waals surface area contributed by atoms with Gasteiger partial charge in [-0.05, 0) is 83.9 Å². The van der Waals surface area contributed by atoms with E-state index in [0.29, 0.717) is 54.2 Å². The van der Waals surface area contributed by atoms with E-state index in [2.05, 4.69) is 0 Å². The number of rotatable bonds is 8. The van der Waals surface area contributed by atoms with E-state index in [1.165, 1.54) is 0 Å². The van der Waals surface area contributed by atoms with Crippen LogP contribution in [0.2, 0.25) is 20.1 Å². The van der Waals surface area contributed by atoms with Crippen LogP contribution in [0, 0.1) is 0 Å². The Morgan fingerprint density at radius 2 is 0.882 bits per heavy atom. The first-order valence-electron chi connectivity index (χ1n) is 10.3. The molecule has 0 heterocycles.